The molecule has 0 bridgehead atoms. The lowest BCUT2D eigenvalue weighted by Crippen LogP contribution is -2.22. The molecule has 0 saturated heterocycles. The topological polar surface area (TPSA) is 15.6 Å². The molecule has 0 radical (unpaired) electrons. The Labute approximate surface area is 77.1 Å². The monoisotopic (exact) mass is 218 g/mol. The van der Waals surface area contributed by atoms with E-state index in [1.54, 1.807) is 0 Å². The summed E-state index contributed by atoms with van der Waals surface area (Å²) in [6.07, 6.45) is 4.11. The average molecular weight is 219 g/mol. The summed E-state index contributed by atoms with van der Waals surface area (Å²) in [5, 5.41) is 0. The molecule has 0 aliphatic heterocycles. The van der Waals surface area contributed by atoms with E-state index in [0.29, 0.717) is 0 Å². The molecule has 0 fully saturated rings. The van der Waals surface area contributed by atoms with Crippen molar-refractivity contribution in [3.05, 3.63) is 12.2 Å². The van der Waals surface area contributed by atoms with E-state index in [-0.39, 0.29) is 6.17 Å². The highest BCUT2D eigenvalue weighted by molar-refractivity contribution is 9.18. The van der Waals surface area contributed by atoms with E-state index in [1.807, 2.05) is 45.0 Å². The average Bonchev–Trinajstić information content (AvgIpc) is 1.87. The van der Waals surface area contributed by atoms with Crippen molar-refractivity contribution in [3.8, 4) is 0 Å². The third kappa shape index (κ3) is 5.16. The van der Waals surface area contributed by atoms with Crippen LogP contribution in [-0.2, 0) is 0 Å². The first kappa shape index (κ1) is 10.8. The fourth-order valence-electron chi connectivity index (χ4n) is 0.475. The smallest absolute Gasteiger partial charge is 0.102 e. The largest absolute Gasteiger partial charge is 0.288 e. The quantitative estimate of drug-likeness (QED) is 0.665. The molecule has 2 nitrogen and oxygen atoms in total. The lowest BCUT2D eigenvalue weighted by atomic mass is 10.5. The Kier molecular flexibility index (Phi) is 5.42. The van der Waals surface area contributed by atoms with Gasteiger partial charge in [-0.05, 0) is 49.9 Å². The molecule has 0 N–H and O–H groups in total. The highest BCUT2D eigenvalue weighted by atomic mass is 79.9. The third-order valence-electron chi connectivity index (χ3n) is 1.36. The Morgan fingerprint density at radius 3 is 2.45 bits per heavy atom. The summed E-state index contributed by atoms with van der Waals surface area (Å²) in [5.74, 6) is 0. The molecule has 0 aromatic carbocycles. The van der Waals surface area contributed by atoms with Crippen LogP contribution in [0.3, 0.4) is 0 Å². The van der Waals surface area contributed by atoms with E-state index < -0.39 is 0 Å². The molecule has 0 rings (SSSR count). The van der Waals surface area contributed by atoms with Crippen LogP contribution in [0.4, 0.5) is 0 Å². The highest BCUT2D eigenvalue weighted by Gasteiger charge is 2.00. The lowest BCUT2D eigenvalue weighted by molar-refractivity contribution is 0.325. The van der Waals surface area contributed by atoms with Gasteiger partial charge in [-0.25, -0.2) is 0 Å². The SMILES string of the molecule is C/C=C\C(Br)=NC(C)N(C)C. The fraction of sp³-hybridized carbons (Fsp3) is 0.625. The molecular weight excluding hydrogens is 204 g/mol. The zero-order chi connectivity index (χ0) is 8.85. The Hall–Kier alpha value is -0.150. The van der Waals surface area contributed by atoms with Gasteiger partial charge in [0.2, 0.25) is 0 Å². The fourth-order valence-corrected chi connectivity index (χ4v) is 1.04. The van der Waals surface area contributed by atoms with Gasteiger partial charge in [-0.3, -0.25) is 9.89 Å². The molecule has 0 saturated carbocycles. The molecular formula is C8H15BrN2. The van der Waals surface area contributed by atoms with Crippen molar-refractivity contribution >= 4 is 20.6 Å². The minimum Gasteiger partial charge on any atom is -0.288 e. The van der Waals surface area contributed by atoms with Crippen molar-refractivity contribution in [2.75, 3.05) is 14.1 Å². The summed E-state index contributed by atoms with van der Waals surface area (Å²) < 4.78 is 0.890. The summed E-state index contributed by atoms with van der Waals surface area (Å²) in [7, 11) is 4.01. The van der Waals surface area contributed by atoms with Crippen molar-refractivity contribution in [2.24, 2.45) is 4.99 Å². The van der Waals surface area contributed by atoms with Gasteiger partial charge >= 0.3 is 0 Å². The van der Waals surface area contributed by atoms with Gasteiger partial charge in [0, 0.05) is 0 Å². The lowest BCUT2D eigenvalue weighted by Gasteiger charge is -2.14. The first-order valence-electron chi connectivity index (χ1n) is 3.60. The molecule has 0 aliphatic carbocycles. The van der Waals surface area contributed by atoms with Gasteiger partial charge in [-0.15, -0.1) is 0 Å². The van der Waals surface area contributed by atoms with Crippen molar-refractivity contribution in [3.63, 3.8) is 0 Å². The van der Waals surface area contributed by atoms with Crippen molar-refractivity contribution < 1.29 is 0 Å². The molecule has 1 atom stereocenters. The van der Waals surface area contributed by atoms with Crippen LogP contribution in [0.15, 0.2) is 17.1 Å². The Balaban J connectivity index is 4.07. The second-order valence-corrected chi connectivity index (χ2v) is 3.36. The maximum atomic E-state index is 4.34. The number of nitrogens with zero attached hydrogens (tertiary/aromatic N) is 2. The normalized spacial score (nSPS) is 16.4. The second kappa shape index (κ2) is 5.49. The van der Waals surface area contributed by atoms with Crippen molar-refractivity contribution in [1.82, 2.24) is 4.90 Å². The maximum Gasteiger partial charge on any atom is 0.102 e. The molecule has 0 spiro atoms. The van der Waals surface area contributed by atoms with Crippen molar-refractivity contribution in [1.29, 1.82) is 0 Å². The van der Waals surface area contributed by atoms with Gasteiger partial charge in [0.1, 0.15) is 4.62 Å². The van der Waals surface area contributed by atoms with Gasteiger partial charge in [-0.2, -0.15) is 0 Å². The predicted molar refractivity (Wildman–Crippen MR) is 54.3 cm³/mol. The number of hydrogen-bond acceptors (Lipinski definition) is 2. The second-order valence-electron chi connectivity index (χ2n) is 2.55. The van der Waals surface area contributed by atoms with Crippen LogP contribution >= 0.6 is 15.9 Å². The summed E-state index contributed by atoms with van der Waals surface area (Å²) in [5.41, 5.74) is 0. The number of rotatable bonds is 3. The minimum absolute atomic E-state index is 0.223. The zero-order valence-corrected chi connectivity index (χ0v) is 9.09. The molecule has 3 heteroatoms. The van der Waals surface area contributed by atoms with E-state index in [2.05, 4.69) is 20.9 Å². The van der Waals surface area contributed by atoms with Gasteiger partial charge in [0.25, 0.3) is 0 Å². The van der Waals surface area contributed by atoms with E-state index in [0.717, 1.165) is 4.62 Å². The third-order valence-corrected chi connectivity index (χ3v) is 1.83. The molecule has 64 valence electrons. The number of hydrogen-bond donors (Lipinski definition) is 0. The maximum absolute atomic E-state index is 4.34. The van der Waals surface area contributed by atoms with E-state index in [9.17, 15) is 0 Å². The Morgan fingerprint density at radius 2 is 2.09 bits per heavy atom. The summed E-state index contributed by atoms with van der Waals surface area (Å²) >= 11 is 3.34. The number of aliphatic imine (C=N–C) groups is 1. The number of allylic oxidation sites excluding steroid dienone is 2. The Bertz CT molecular complexity index is 161. The molecule has 1 unspecified atom stereocenters. The van der Waals surface area contributed by atoms with E-state index >= 15 is 0 Å². The summed E-state index contributed by atoms with van der Waals surface area (Å²) in [6.45, 7) is 4.02. The van der Waals surface area contributed by atoms with Crippen LogP contribution in [0.1, 0.15) is 13.8 Å². The van der Waals surface area contributed by atoms with Gasteiger partial charge < -0.3 is 0 Å². The first-order chi connectivity index (χ1) is 5.07. The molecule has 0 heterocycles. The van der Waals surface area contributed by atoms with Crippen molar-refractivity contribution in [2.45, 2.75) is 20.0 Å². The van der Waals surface area contributed by atoms with Crippen LogP contribution in [0.5, 0.6) is 0 Å². The Morgan fingerprint density at radius 1 is 1.55 bits per heavy atom. The molecule has 0 aliphatic rings. The standard InChI is InChI=1S/C8H15BrN2/c1-5-6-8(9)10-7(2)11(3)4/h5-7H,1-4H3/b6-5-,10-8?. The molecule has 0 aromatic heterocycles. The van der Waals surface area contributed by atoms with Gasteiger partial charge in [-0.1, -0.05) is 6.08 Å². The zero-order valence-electron chi connectivity index (χ0n) is 7.50. The van der Waals surface area contributed by atoms with Gasteiger partial charge in [0.05, 0.1) is 6.17 Å². The predicted octanol–water partition coefficient (Wildman–Crippen LogP) is 2.26. The minimum atomic E-state index is 0.223. The van der Waals surface area contributed by atoms with E-state index in [1.165, 1.54) is 0 Å². The molecule has 0 aromatic rings. The highest BCUT2D eigenvalue weighted by Crippen LogP contribution is 1.99. The van der Waals surface area contributed by atoms with Crippen LogP contribution in [0, 0.1) is 0 Å². The van der Waals surface area contributed by atoms with Gasteiger partial charge in [0.15, 0.2) is 0 Å². The molecule has 11 heavy (non-hydrogen) atoms. The van der Waals surface area contributed by atoms with Crippen LogP contribution < -0.4 is 0 Å². The van der Waals surface area contributed by atoms with E-state index in [4.69, 9.17) is 0 Å². The first-order valence-corrected chi connectivity index (χ1v) is 4.39. The van der Waals surface area contributed by atoms with Crippen LogP contribution in [0.25, 0.3) is 0 Å². The van der Waals surface area contributed by atoms with Crippen LogP contribution in [0.2, 0.25) is 0 Å². The molecule has 0 amide bonds. The summed E-state index contributed by atoms with van der Waals surface area (Å²) in [4.78, 5) is 6.39. The summed E-state index contributed by atoms with van der Waals surface area (Å²) in [6, 6.07) is 0. The van der Waals surface area contributed by atoms with Crippen LogP contribution in [-0.4, -0.2) is 29.8 Å². The number of halogens is 1.